The Hall–Kier alpha value is -3.64. The van der Waals surface area contributed by atoms with Crippen LogP contribution < -0.4 is 10.2 Å². The van der Waals surface area contributed by atoms with Gasteiger partial charge in [0.15, 0.2) is 0 Å². The Balaban J connectivity index is 1.54. The van der Waals surface area contributed by atoms with Crippen molar-refractivity contribution < 1.29 is 14.3 Å². The summed E-state index contributed by atoms with van der Waals surface area (Å²) in [6.07, 6.45) is 0.725. The predicted octanol–water partition coefficient (Wildman–Crippen LogP) is 4.90. The third kappa shape index (κ3) is 6.13. The number of carbonyl (C=O) groups is 2. The minimum Gasteiger partial charge on any atom is -0.378 e. The van der Waals surface area contributed by atoms with Crippen molar-refractivity contribution in [1.82, 2.24) is 4.90 Å². The van der Waals surface area contributed by atoms with Gasteiger partial charge in [0.25, 0.3) is 0 Å². The number of benzene rings is 3. The molecule has 3 aromatic rings. The Bertz CT molecular complexity index is 1130. The highest BCUT2D eigenvalue weighted by atomic mass is 16.5. The number of nitrogens with one attached hydrogen (secondary N) is 1. The maximum absolute atomic E-state index is 13.7. The SMILES string of the molecule is CCC(C)(C(=O)Nc1ccc(N2CCOCC2)cc1)N(Cc1ccccc1)C(=O)Cc1ccccc1. The fourth-order valence-electron chi connectivity index (χ4n) is 4.49. The van der Waals surface area contributed by atoms with Crippen LogP contribution in [-0.2, 0) is 27.3 Å². The molecule has 1 heterocycles. The summed E-state index contributed by atoms with van der Waals surface area (Å²) in [7, 11) is 0. The van der Waals surface area contributed by atoms with E-state index in [2.05, 4.69) is 10.2 Å². The van der Waals surface area contributed by atoms with Gasteiger partial charge in [0.05, 0.1) is 19.6 Å². The van der Waals surface area contributed by atoms with E-state index in [0.717, 1.165) is 43.1 Å². The average molecular weight is 486 g/mol. The van der Waals surface area contributed by atoms with Gasteiger partial charge in [-0.15, -0.1) is 0 Å². The van der Waals surface area contributed by atoms with Crippen LogP contribution in [0.4, 0.5) is 11.4 Å². The van der Waals surface area contributed by atoms with Gasteiger partial charge < -0.3 is 19.9 Å². The lowest BCUT2D eigenvalue weighted by molar-refractivity contribution is -0.145. The van der Waals surface area contributed by atoms with Crippen molar-refractivity contribution in [3.8, 4) is 0 Å². The smallest absolute Gasteiger partial charge is 0.250 e. The van der Waals surface area contributed by atoms with Crippen molar-refractivity contribution >= 4 is 23.2 Å². The Morgan fingerprint density at radius 2 is 1.47 bits per heavy atom. The van der Waals surface area contributed by atoms with Crippen LogP contribution in [0.5, 0.6) is 0 Å². The van der Waals surface area contributed by atoms with Crippen molar-refractivity contribution in [2.75, 3.05) is 36.5 Å². The van der Waals surface area contributed by atoms with Crippen LogP contribution in [0.25, 0.3) is 0 Å². The summed E-state index contributed by atoms with van der Waals surface area (Å²) in [5.74, 6) is -0.270. The van der Waals surface area contributed by atoms with Crippen LogP contribution in [0.15, 0.2) is 84.9 Å². The van der Waals surface area contributed by atoms with Gasteiger partial charge in [-0.2, -0.15) is 0 Å². The molecule has 0 aromatic heterocycles. The van der Waals surface area contributed by atoms with E-state index in [1.54, 1.807) is 4.90 Å². The van der Waals surface area contributed by atoms with Gasteiger partial charge in [-0.25, -0.2) is 0 Å². The molecule has 1 unspecified atom stereocenters. The molecule has 1 atom stereocenters. The van der Waals surface area contributed by atoms with Gasteiger partial charge in [0, 0.05) is 31.0 Å². The van der Waals surface area contributed by atoms with Gasteiger partial charge in [0.1, 0.15) is 5.54 Å². The molecule has 36 heavy (non-hydrogen) atoms. The molecular formula is C30H35N3O3. The molecule has 3 aromatic carbocycles. The minimum atomic E-state index is -1.02. The van der Waals surface area contributed by atoms with E-state index >= 15 is 0 Å². The van der Waals surface area contributed by atoms with Crippen LogP contribution in [0.3, 0.4) is 0 Å². The van der Waals surface area contributed by atoms with E-state index in [0.29, 0.717) is 18.7 Å². The normalized spacial score (nSPS) is 15.1. The molecule has 6 heteroatoms. The van der Waals surface area contributed by atoms with Gasteiger partial charge in [-0.3, -0.25) is 9.59 Å². The van der Waals surface area contributed by atoms with E-state index in [9.17, 15) is 9.59 Å². The molecule has 1 fully saturated rings. The van der Waals surface area contributed by atoms with Crippen LogP contribution in [0, 0.1) is 0 Å². The largest absolute Gasteiger partial charge is 0.378 e. The minimum absolute atomic E-state index is 0.0766. The number of rotatable bonds is 9. The number of anilines is 2. The zero-order valence-corrected chi connectivity index (χ0v) is 21.2. The number of nitrogens with zero attached hydrogens (tertiary/aromatic N) is 2. The number of ether oxygens (including phenoxy) is 1. The summed E-state index contributed by atoms with van der Waals surface area (Å²) in [5.41, 5.74) is 2.72. The lowest BCUT2D eigenvalue weighted by atomic mass is 9.92. The summed E-state index contributed by atoms with van der Waals surface area (Å²) in [5, 5.41) is 3.07. The van der Waals surface area contributed by atoms with Crippen molar-refractivity contribution in [2.45, 2.75) is 38.8 Å². The highest BCUT2D eigenvalue weighted by molar-refractivity contribution is 6.00. The second-order valence-corrected chi connectivity index (χ2v) is 9.36. The molecule has 2 amide bonds. The second kappa shape index (κ2) is 11.9. The Labute approximate surface area is 213 Å². The van der Waals surface area contributed by atoms with Crippen LogP contribution in [0.1, 0.15) is 31.4 Å². The number of hydrogen-bond donors (Lipinski definition) is 1. The highest BCUT2D eigenvalue weighted by Crippen LogP contribution is 2.27. The lowest BCUT2D eigenvalue weighted by Gasteiger charge is -2.40. The number of amides is 2. The fourth-order valence-corrected chi connectivity index (χ4v) is 4.49. The molecule has 1 aliphatic heterocycles. The van der Waals surface area contributed by atoms with Crippen LogP contribution >= 0.6 is 0 Å². The zero-order valence-electron chi connectivity index (χ0n) is 21.2. The first-order valence-corrected chi connectivity index (χ1v) is 12.6. The van der Waals surface area contributed by atoms with Crippen LogP contribution in [-0.4, -0.2) is 48.6 Å². The number of carbonyl (C=O) groups excluding carboxylic acids is 2. The summed E-state index contributed by atoms with van der Waals surface area (Å²) >= 11 is 0. The van der Waals surface area contributed by atoms with Crippen molar-refractivity contribution in [3.63, 3.8) is 0 Å². The third-order valence-corrected chi connectivity index (χ3v) is 6.96. The molecule has 1 aliphatic rings. The Morgan fingerprint density at radius 3 is 2.06 bits per heavy atom. The van der Waals surface area contributed by atoms with E-state index < -0.39 is 5.54 Å². The number of morpholine rings is 1. The molecule has 0 aliphatic carbocycles. The lowest BCUT2D eigenvalue weighted by Crippen LogP contribution is -2.56. The molecule has 0 saturated carbocycles. The third-order valence-electron chi connectivity index (χ3n) is 6.96. The molecule has 1 N–H and O–H groups in total. The first-order valence-electron chi connectivity index (χ1n) is 12.6. The summed E-state index contributed by atoms with van der Waals surface area (Å²) < 4.78 is 5.44. The maximum Gasteiger partial charge on any atom is 0.250 e. The van der Waals surface area contributed by atoms with Gasteiger partial charge in [-0.1, -0.05) is 67.6 Å². The fraction of sp³-hybridized carbons (Fsp3) is 0.333. The topological polar surface area (TPSA) is 61.9 Å². The molecule has 188 valence electrons. The summed E-state index contributed by atoms with van der Waals surface area (Å²) in [4.78, 5) is 31.3. The molecule has 1 saturated heterocycles. The van der Waals surface area contributed by atoms with E-state index in [4.69, 9.17) is 4.74 Å². The standard InChI is InChI=1S/C30H35N3O3/c1-3-30(2,29(35)31-26-14-16-27(17-15-26)32-18-20-36-21-19-32)33(23-25-12-8-5-9-13-25)28(34)22-24-10-6-4-7-11-24/h4-17H,3,18-23H2,1-2H3,(H,31,35). The van der Waals surface area contributed by atoms with Crippen molar-refractivity contribution in [1.29, 1.82) is 0 Å². The molecule has 0 radical (unpaired) electrons. The molecule has 6 nitrogen and oxygen atoms in total. The molecule has 0 bridgehead atoms. The van der Waals surface area contributed by atoms with Crippen molar-refractivity contribution in [3.05, 3.63) is 96.1 Å². The predicted molar refractivity (Wildman–Crippen MR) is 144 cm³/mol. The first-order chi connectivity index (χ1) is 17.5. The quantitative estimate of drug-likeness (QED) is 0.468. The molecular weight excluding hydrogens is 450 g/mol. The van der Waals surface area contributed by atoms with E-state index in [-0.39, 0.29) is 18.2 Å². The Morgan fingerprint density at radius 1 is 0.889 bits per heavy atom. The maximum atomic E-state index is 13.7. The summed E-state index contributed by atoms with van der Waals surface area (Å²) in [6, 6.07) is 27.4. The van der Waals surface area contributed by atoms with Crippen LogP contribution in [0.2, 0.25) is 0 Å². The Kier molecular flexibility index (Phi) is 8.39. The monoisotopic (exact) mass is 485 g/mol. The second-order valence-electron chi connectivity index (χ2n) is 9.36. The number of hydrogen-bond acceptors (Lipinski definition) is 4. The molecule has 4 rings (SSSR count). The van der Waals surface area contributed by atoms with Gasteiger partial charge in [-0.05, 0) is 48.7 Å². The highest BCUT2D eigenvalue weighted by Gasteiger charge is 2.40. The average Bonchev–Trinajstić information content (AvgIpc) is 2.93. The van der Waals surface area contributed by atoms with E-state index in [1.807, 2.05) is 98.8 Å². The zero-order chi connectivity index (χ0) is 25.4. The van der Waals surface area contributed by atoms with Gasteiger partial charge in [0.2, 0.25) is 11.8 Å². The summed E-state index contributed by atoms with van der Waals surface area (Å²) in [6.45, 7) is 7.34. The molecule has 0 spiro atoms. The van der Waals surface area contributed by atoms with Gasteiger partial charge >= 0.3 is 0 Å². The van der Waals surface area contributed by atoms with Crippen molar-refractivity contribution in [2.24, 2.45) is 0 Å². The van der Waals surface area contributed by atoms with E-state index in [1.165, 1.54) is 0 Å². The first kappa shape index (κ1) is 25.5.